The fourth-order valence-electron chi connectivity index (χ4n) is 3.64. The number of carbonyl (C=O) groups is 1. The van der Waals surface area contributed by atoms with Gasteiger partial charge in [-0.25, -0.2) is 0 Å². The van der Waals surface area contributed by atoms with Crippen molar-refractivity contribution in [2.24, 2.45) is 13.0 Å². The SMILES string of the molecule is C/C=C\C(=C/CC1CC1)c1ccc(C2(NC(=O)c3cc(C(F)(F)F)nn3C)CC2)cn1. The molecule has 2 fully saturated rings. The van der Waals surface area contributed by atoms with Crippen molar-refractivity contribution in [2.45, 2.75) is 50.7 Å². The van der Waals surface area contributed by atoms with E-state index in [2.05, 4.69) is 21.5 Å². The number of nitrogens with zero attached hydrogens (tertiary/aromatic N) is 3. The molecule has 2 aromatic rings. The number of halogens is 3. The third-order valence-corrected chi connectivity index (χ3v) is 5.83. The molecule has 0 radical (unpaired) electrons. The lowest BCUT2D eigenvalue weighted by Gasteiger charge is -2.18. The Morgan fingerprint density at radius 3 is 2.58 bits per heavy atom. The summed E-state index contributed by atoms with van der Waals surface area (Å²) in [6.07, 6.45) is 8.45. The van der Waals surface area contributed by atoms with E-state index in [0.717, 1.165) is 39.9 Å². The first-order valence-corrected chi connectivity index (χ1v) is 10.5. The van der Waals surface area contributed by atoms with Crippen molar-refractivity contribution in [3.05, 3.63) is 65.3 Å². The number of hydrogen-bond acceptors (Lipinski definition) is 3. The predicted octanol–water partition coefficient (Wildman–Crippen LogP) is 5.01. The molecule has 2 aliphatic rings. The Hall–Kier alpha value is -2.90. The molecule has 2 aromatic heterocycles. The van der Waals surface area contributed by atoms with E-state index >= 15 is 0 Å². The van der Waals surface area contributed by atoms with Crippen molar-refractivity contribution in [3.8, 4) is 0 Å². The second-order valence-corrected chi connectivity index (χ2v) is 8.34. The lowest BCUT2D eigenvalue weighted by molar-refractivity contribution is -0.141. The van der Waals surface area contributed by atoms with E-state index in [4.69, 9.17) is 0 Å². The zero-order valence-electron chi connectivity index (χ0n) is 17.5. The first-order chi connectivity index (χ1) is 14.7. The Kier molecular flexibility index (Phi) is 5.49. The first kappa shape index (κ1) is 21.3. The largest absolute Gasteiger partial charge is 0.435 e. The van der Waals surface area contributed by atoms with Gasteiger partial charge in [0.05, 0.1) is 11.2 Å². The molecule has 5 nitrogen and oxygen atoms in total. The number of nitrogens with one attached hydrogen (secondary N) is 1. The highest BCUT2D eigenvalue weighted by Crippen LogP contribution is 2.45. The van der Waals surface area contributed by atoms with Crippen LogP contribution in [0.15, 0.2) is 42.6 Å². The molecule has 0 saturated heterocycles. The molecule has 8 heteroatoms. The van der Waals surface area contributed by atoms with Gasteiger partial charge in [0.2, 0.25) is 0 Å². The van der Waals surface area contributed by atoms with Gasteiger partial charge >= 0.3 is 6.18 Å². The van der Waals surface area contributed by atoms with E-state index < -0.39 is 23.3 Å². The third-order valence-electron chi connectivity index (χ3n) is 5.83. The lowest BCUT2D eigenvalue weighted by atomic mass is 10.0. The van der Waals surface area contributed by atoms with Crippen LogP contribution in [0.25, 0.3) is 5.57 Å². The molecule has 164 valence electrons. The average molecular weight is 430 g/mol. The number of amides is 1. The standard InChI is InChI=1S/C23H25F3N4O/c1-3-4-16(8-7-15-5-6-15)18-10-9-17(14-27-18)22(11-12-22)28-21(31)19-13-20(23(24,25)26)29-30(19)2/h3-4,8-10,13-15H,5-7,11-12H2,1-2H3,(H,28,31)/b4-3-,16-8+. The number of rotatable bonds is 7. The van der Waals surface area contributed by atoms with Gasteiger partial charge in [-0.1, -0.05) is 24.3 Å². The number of alkyl halides is 3. The van der Waals surface area contributed by atoms with E-state index in [1.807, 2.05) is 31.2 Å². The zero-order chi connectivity index (χ0) is 22.2. The van der Waals surface area contributed by atoms with Crippen molar-refractivity contribution in [3.63, 3.8) is 0 Å². The molecule has 0 aliphatic heterocycles. The average Bonchev–Trinajstić information content (AvgIpc) is 3.64. The second-order valence-electron chi connectivity index (χ2n) is 8.34. The zero-order valence-corrected chi connectivity index (χ0v) is 17.5. The molecule has 0 bridgehead atoms. The smallest absolute Gasteiger partial charge is 0.341 e. The number of allylic oxidation sites excluding steroid dienone is 4. The maximum atomic E-state index is 12.9. The molecular formula is C23H25F3N4O. The number of hydrogen-bond donors (Lipinski definition) is 1. The van der Waals surface area contributed by atoms with Crippen molar-refractivity contribution in [1.82, 2.24) is 20.1 Å². The Morgan fingerprint density at radius 2 is 2.06 bits per heavy atom. The maximum absolute atomic E-state index is 12.9. The summed E-state index contributed by atoms with van der Waals surface area (Å²) in [5.74, 6) is 0.209. The quantitative estimate of drug-likeness (QED) is 0.628. The molecule has 1 amide bonds. The van der Waals surface area contributed by atoms with Gasteiger partial charge in [-0.2, -0.15) is 18.3 Å². The summed E-state index contributed by atoms with van der Waals surface area (Å²) < 4.78 is 39.6. The van der Waals surface area contributed by atoms with E-state index in [1.54, 1.807) is 6.20 Å². The summed E-state index contributed by atoms with van der Waals surface area (Å²) in [6, 6.07) is 4.65. The van der Waals surface area contributed by atoms with Crippen LogP contribution in [0, 0.1) is 5.92 Å². The maximum Gasteiger partial charge on any atom is 0.435 e. The fraction of sp³-hybridized carbons (Fsp3) is 0.435. The lowest BCUT2D eigenvalue weighted by Crippen LogP contribution is -2.36. The van der Waals surface area contributed by atoms with Gasteiger partial charge in [0, 0.05) is 19.3 Å². The van der Waals surface area contributed by atoms with Gasteiger partial charge in [0.15, 0.2) is 5.69 Å². The Morgan fingerprint density at radius 1 is 1.32 bits per heavy atom. The van der Waals surface area contributed by atoms with Gasteiger partial charge in [-0.05, 0) is 62.1 Å². The van der Waals surface area contributed by atoms with Gasteiger partial charge in [-0.15, -0.1) is 0 Å². The van der Waals surface area contributed by atoms with Crippen LogP contribution in [-0.4, -0.2) is 20.7 Å². The van der Waals surface area contributed by atoms with E-state index in [-0.39, 0.29) is 5.69 Å². The number of aryl methyl sites for hydroxylation is 1. The van der Waals surface area contributed by atoms with Crippen molar-refractivity contribution in [1.29, 1.82) is 0 Å². The molecule has 1 N–H and O–H groups in total. The predicted molar refractivity (Wildman–Crippen MR) is 111 cm³/mol. The summed E-state index contributed by atoms with van der Waals surface area (Å²) >= 11 is 0. The molecule has 4 rings (SSSR count). The molecule has 0 unspecified atom stereocenters. The topological polar surface area (TPSA) is 59.8 Å². The molecule has 0 atom stereocenters. The van der Waals surface area contributed by atoms with Gasteiger partial charge in [0.1, 0.15) is 5.69 Å². The molecule has 31 heavy (non-hydrogen) atoms. The molecule has 2 saturated carbocycles. The van der Waals surface area contributed by atoms with Gasteiger partial charge < -0.3 is 5.32 Å². The highest BCUT2D eigenvalue weighted by Gasteiger charge is 2.46. The van der Waals surface area contributed by atoms with Gasteiger partial charge in [0.25, 0.3) is 5.91 Å². The van der Waals surface area contributed by atoms with Crippen LogP contribution in [0.2, 0.25) is 0 Å². The number of pyridine rings is 1. The van der Waals surface area contributed by atoms with Crippen LogP contribution < -0.4 is 5.32 Å². The summed E-state index contributed by atoms with van der Waals surface area (Å²) in [5, 5.41) is 6.31. The highest BCUT2D eigenvalue weighted by atomic mass is 19.4. The van der Waals surface area contributed by atoms with Crippen molar-refractivity contribution in [2.75, 3.05) is 0 Å². The van der Waals surface area contributed by atoms with E-state index in [0.29, 0.717) is 12.8 Å². The highest BCUT2D eigenvalue weighted by molar-refractivity contribution is 5.93. The number of carbonyl (C=O) groups excluding carboxylic acids is 1. The Labute approximate surface area is 179 Å². The Bertz CT molecular complexity index is 1030. The molecular weight excluding hydrogens is 405 g/mol. The molecule has 0 spiro atoms. The first-order valence-electron chi connectivity index (χ1n) is 10.5. The van der Waals surface area contributed by atoms with E-state index in [9.17, 15) is 18.0 Å². The summed E-state index contributed by atoms with van der Waals surface area (Å²) in [7, 11) is 1.33. The molecule has 2 aliphatic carbocycles. The number of aromatic nitrogens is 3. The Balaban J connectivity index is 1.50. The summed E-state index contributed by atoms with van der Waals surface area (Å²) in [4.78, 5) is 17.3. The van der Waals surface area contributed by atoms with Crippen LogP contribution in [0.4, 0.5) is 13.2 Å². The second kappa shape index (κ2) is 7.98. The molecule has 0 aromatic carbocycles. The van der Waals surface area contributed by atoms with Crippen LogP contribution in [0.1, 0.15) is 66.5 Å². The van der Waals surface area contributed by atoms with Crippen molar-refractivity contribution < 1.29 is 18.0 Å². The summed E-state index contributed by atoms with van der Waals surface area (Å²) in [6.45, 7) is 1.97. The fourth-order valence-corrected chi connectivity index (χ4v) is 3.64. The van der Waals surface area contributed by atoms with Crippen LogP contribution in [0.3, 0.4) is 0 Å². The summed E-state index contributed by atoms with van der Waals surface area (Å²) in [5.41, 5.74) is 0.997. The normalized spacial score (nSPS) is 18.4. The minimum atomic E-state index is -4.59. The van der Waals surface area contributed by atoms with Crippen LogP contribution in [0.5, 0.6) is 0 Å². The minimum Gasteiger partial charge on any atom is -0.341 e. The third kappa shape index (κ3) is 4.73. The van der Waals surface area contributed by atoms with Gasteiger partial charge in [-0.3, -0.25) is 14.5 Å². The minimum absolute atomic E-state index is 0.124. The van der Waals surface area contributed by atoms with E-state index in [1.165, 1.54) is 19.9 Å². The van der Waals surface area contributed by atoms with Crippen LogP contribution in [-0.2, 0) is 18.8 Å². The van der Waals surface area contributed by atoms with Crippen LogP contribution >= 0.6 is 0 Å². The molecule has 2 heterocycles. The monoisotopic (exact) mass is 430 g/mol. The van der Waals surface area contributed by atoms with Crippen molar-refractivity contribution >= 4 is 11.5 Å².